The molecule has 2 nitrogen and oxygen atoms in total. The summed E-state index contributed by atoms with van der Waals surface area (Å²) in [7, 11) is 0. The Bertz CT molecular complexity index is 738. The third kappa shape index (κ3) is 3.23. The number of hydrogen-bond acceptors (Lipinski definition) is 3. The highest BCUT2D eigenvalue weighted by molar-refractivity contribution is 9.10. The summed E-state index contributed by atoms with van der Waals surface area (Å²) in [6.07, 6.45) is 0.825. The lowest BCUT2D eigenvalue weighted by atomic mass is 10.1. The molecule has 3 aromatic rings. The number of aromatic nitrogens is 1. The van der Waals surface area contributed by atoms with Crippen molar-refractivity contribution in [1.82, 2.24) is 4.98 Å². The van der Waals surface area contributed by atoms with Gasteiger partial charge in [0.1, 0.15) is 0 Å². The van der Waals surface area contributed by atoms with Gasteiger partial charge in [-0.3, -0.25) is 0 Å². The molecule has 0 aliphatic rings. The van der Waals surface area contributed by atoms with Gasteiger partial charge in [-0.2, -0.15) is 0 Å². The second-order valence-electron chi connectivity index (χ2n) is 4.72. The minimum Gasteiger partial charge on any atom is -0.326 e. The summed E-state index contributed by atoms with van der Waals surface area (Å²) in [5, 5.41) is 1.10. The third-order valence-corrected chi connectivity index (χ3v) is 5.13. The molecule has 21 heavy (non-hydrogen) atoms. The first-order valence-electron chi connectivity index (χ1n) is 6.75. The molecule has 0 aliphatic carbocycles. The molecule has 3 rings (SSSR count). The molecule has 0 atom stereocenters. The van der Waals surface area contributed by atoms with E-state index in [1.165, 1.54) is 5.56 Å². The molecular weight excluding hydrogens is 344 g/mol. The summed E-state index contributed by atoms with van der Waals surface area (Å²) in [4.78, 5) is 5.95. The van der Waals surface area contributed by atoms with Gasteiger partial charge in [0.05, 0.1) is 10.7 Å². The smallest absolute Gasteiger partial charge is 0.0980 e. The van der Waals surface area contributed by atoms with Gasteiger partial charge in [-0.1, -0.05) is 64.5 Å². The molecule has 2 aromatic carbocycles. The average Bonchev–Trinajstić information content (AvgIpc) is 2.93. The van der Waals surface area contributed by atoms with Gasteiger partial charge in [0.15, 0.2) is 0 Å². The Morgan fingerprint density at radius 2 is 1.71 bits per heavy atom. The van der Waals surface area contributed by atoms with E-state index in [1.807, 2.05) is 24.3 Å². The van der Waals surface area contributed by atoms with Gasteiger partial charge in [-0.05, 0) is 11.6 Å². The van der Waals surface area contributed by atoms with E-state index in [2.05, 4.69) is 46.3 Å². The zero-order valence-electron chi connectivity index (χ0n) is 11.4. The minimum atomic E-state index is 0.526. The van der Waals surface area contributed by atoms with E-state index in [-0.39, 0.29) is 0 Å². The van der Waals surface area contributed by atoms with Crippen LogP contribution in [0.2, 0.25) is 0 Å². The molecule has 1 aromatic heterocycles. The molecule has 0 unspecified atom stereocenters. The standard InChI is InChI=1S/C17H15BrN2S/c18-14-9-5-4-8-13(14)10-16-20-17(15(11-19)21-16)12-6-2-1-3-7-12/h1-9H,10-11,19H2. The number of nitrogens with two attached hydrogens (primary N) is 1. The van der Waals surface area contributed by atoms with Crippen LogP contribution in [0.1, 0.15) is 15.4 Å². The normalized spacial score (nSPS) is 10.8. The first kappa shape index (κ1) is 14.4. The van der Waals surface area contributed by atoms with Gasteiger partial charge in [0.2, 0.25) is 0 Å². The summed E-state index contributed by atoms with van der Waals surface area (Å²) < 4.78 is 1.12. The molecule has 0 amide bonds. The molecule has 0 fully saturated rings. The first-order chi connectivity index (χ1) is 10.3. The van der Waals surface area contributed by atoms with E-state index in [4.69, 9.17) is 10.7 Å². The van der Waals surface area contributed by atoms with Crippen molar-refractivity contribution in [2.75, 3.05) is 0 Å². The third-order valence-electron chi connectivity index (χ3n) is 3.27. The lowest BCUT2D eigenvalue weighted by Crippen LogP contribution is -1.95. The summed E-state index contributed by atoms with van der Waals surface area (Å²) in [5.74, 6) is 0. The summed E-state index contributed by atoms with van der Waals surface area (Å²) in [6.45, 7) is 0.526. The van der Waals surface area contributed by atoms with Gasteiger partial charge >= 0.3 is 0 Å². The summed E-state index contributed by atoms with van der Waals surface area (Å²) in [5.41, 5.74) is 9.28. The second-order valence-corrected chi connectivity index (χ2v) is 6.74. The molecule has 0 saturated carbocycles. The molecule has 0 radical (unpaired) electrons. The Hall–Kier alpha value is -1.49. The van der Waals surface area contributed by atoms with Crippen molar-refractivity contribution in [3.63, 3.8) is 0 Å². The lowest BCUT2D eigenvalue weighted by molar-refractivity contribution is 1.09. The van der Waals surface area contributed by atoms with Crippen LogP contribution in [0.15, 0.2) is 59.1 Å². The molecule has 4 heteroatoms. The zero-order chi connectivity index (χ0) is 14.7. The van der Waals surface area contributed by atoms with Crippen molar-refractivity contribution in [2.24, 2.45) is 5.73 Å². The minimum absolute atomic E-state index is 0.526. The highest BCUT2D eigenvalue weighted by Gasteiger charge is 2.12. The van der Waals surface area contributed by atoms with Crippen molar-refractivity contribution < 1.29 is 0 Å². The second kappa shape index (κ2) is 6.52. The predicted octanol–water partition coefficient (Wildman–Crippen LogP) is 4.62. The highest BCUT2D eigenvalue weighted by atomic mass is 79.9. The first-order valence-corrected chi connectivity index (χ1v) is 8.36. The lowest BCUT2D eigenvalue weighted by Gasteiger charge is -2.01. The fraction of sp³-hybridized carbons (Fsp3) is 0.118. The van der Waals surface area contributed by atoms with E-state index in [9.17, 15) is 0 Å². The Labute approximate surface area is 136 Å². The topological polar surface area (TPSA) is 38.9 Å². The van der Waals surface area contributed by atoms with Crippen molar-refractivity contribution in [1.29, 1.82) is 0 Å². The molecule has 0 bridgehead atoms. The Morgan fingerprint density at radius 3 is 2.43 bits per heavy atom. The summed E-state index contributed by atoms with van der Waals surface area (Å²) >= 11 is 5.29. The van der Waals surface area contributed by atoms with Crippen LogP contribution in [0.3, 0.4) is 0 Å². The SMILES string of the molecule is NCc1sc(Cc2ccccc2Br)nc1-c1ccccc1. The van der Waals surface area contributed by atoms with Crippen molar-refractivity contribution in [2.45, 2.75) is 13.0 Å². The molecule has 106 valence electrons. The van der Waals surface area contributed by atoms with Crippen LogP contribution >= 0.6 is 27.3 Å². The van der Waals surface area contributed by atoms with Gasteiger partial charge in [0, 0.05) is 27.9 Å². The molecule has 2 N–H and O–H groups in total. The number of hydrogen-bond donors (Lipinski definition) is 1. The Morgan fingerprint density at radius 1 is 1.00 bits per heavy atom. The van der Waals surface area contributed by atoms with Crippen molar-refractivity contribution >= 4 is 27.3 Å². The van der Waals surface area contributed by atoms with E-state index in [0.29, 0.717) is 6.54 Å². The highest BCUT2D eigenvalue weighted by Crippen LogP contribution is 2.30. The van der Waals surface area contributed by atoms with Crippen LogP contribution in [-0.2, 0) is 13.0 Å². The Balaban J connectivity index is 1.95. The maximum atomic E-state index is 5.89. The number of halogens is 1. The number of rotatable bonds is 4. The van der Waals surface area contributed by atoms with E-state index in [1.54, 1.807) is 11.3 Å². The molecule has 0 aliphatic heterocycles. The van der Waals surface area contributed by atoms with Gasteiger partial charge in [-0.15, -0.1) is 11.3 Å². The molecule has 0 spiro atoms. The maximum absolute atomic E-state index is 5.89. The molecule has 1 heterocycles. The number of thiazole rings is 1. The number of benzene rings is 2. The molecular formula is C17H15BrN2S. The van der Waals surface area contributed by atoms with E-state index in [0.717, 1.165) is 32.0 Å². The number of nitrogens with zero attached hydrogens (tertiary/aromatic N) is 1. The fourth-order valence-corrected chi connectivity index (χ4v) is 3.66. The van der Waals surface area contributed by atoms with Crippen LogP contribution in [0.5, 0.6) is 0 Å². The van der Waals surface area contributed by atoms with E-state index < -0.39 is 0 Å². The zero-order valence-corrected chi connectivity index (χ0v) is 13.8. The average molecular weight is 359 g/mol. The van der Waals surface area contributed by atoms with Gasteiger partial charge < -0.3 is 5.73 Å². The maximum Gasteiger partial charge on any atom is 0.0980 e. The monoisotopic (exact) mass is 358 g/mol. The van der Waals surface area contributed by atoms with Crippen LogP contribution in [0.4, 0.5) is 0 Å². The quantitative estimate of drug-likeness (QED) is 0.738. The predicted molar refractivity (Wildman–Crippen MR) is 92.4 cm³/mol. The summed E-state index contributed by atoms with van der Waals surface area (Å²) in [6, 6.07) is 18.5. The van der Waals surface area contributed by atoms with Crippen LogP contribution < -0.4 is 5.73 Å². The Kier molecular flexibility index (Phi) is 4.48. The van der Waals surface area contributed by atoms with Crippen molar-refractivity contribution in [3.8, 4) is 11.3 Å². The van der Waals surface area contributed by atoms with Crippen LogP contribution in [0.25, 0.3) is 11.3 Å². The van der Waals surface area contributed by atoms with Gasteiger partial charge in [0.25, 0.3) is 0 Å². The molecule has 0 saturated heterocycles. The van der Waals surface area contributed by atoms with E-state index >= 15 is 0 Å². The van der Waals surface area contributed by atoms with Gasteiger partial charge in [-0.25, -0.2) is 4.98 Å². The van der Waals surface area contributed by atoms with Crippen molar-refractivity contribution in [3.05, 3.63) is 74.5 Å². The van der Waals surface area contributed by atoms with Crippen LogP contribution in [-0.4, -0.2) is 4.98 Å². The largest absolute Gasteiger partial charge is 0.326 e. The van der Waals surface area contributed by atoms with Crippen LogP contribution in [0, 0.1) is 0 Å². The fourth-order valence-electron chi connectivity index (χ4n) is 2.24.